The summed E-state index contributed by atoms with van der Waals surface area (Å²) in [6.07, 6.45) is -7.99. The predicted octanol–water partition coefficient (Wildman–Crippen LogP) is 5.13. The molecule has 1 heterocycles. The summed E-state index contributed by atoms with van der Waals surface area (Å²) in [7, 11) is 0. The van der Waals surface area contributed by atoms with Gasteiger partial charge in [-0.1, -0.05) is 45.9 Å². The van der Waals surface area contributed by atoms with Crippen molar-refractivity contribution in [1.82, 2.24) is 5.32 Å². The van der Waals surface area contributed by atoms with Gasteiger partial charge >= 0.3 is 6.18 Å². The quantitative estimate of drug-likeness (QED) is 0.377. The molecule has 3 rings (SSSR count). The van der Waals surface area contributed by atoms with Crippen LogP contribution in [0.15, 0.2) is 41.2 Å². The third-order valence-electron chi connectivity index (χ3n) is 5.44. The molecule has 1 aliphatic heterocycles. The number of nitrogens with zero attached hydrogens (tertiary/aromatic N) is 1. The molecule has 1 aliphatic carbocycles. The van der Waals surface area contributed by atoms with E-state index in [4.69, 9.17) is 0 Å². The van der Waals surface area contributed by atoms with Gasteiger partial charge in [0.2, 0.25) is 5.79 Å². The van der Waals surface area contributed by atoms with Crippen LogP contribution in [0.5, 0.6) is 0 Å². The second-order valence-corrected chi connectivity index (χ2v) is 8.42. The second kappa shape index (κ2) is 8.06. The first-order valence-corrected chi connectivity index (χ1v) is 9.98. The molecule has 2 aliphatic rings. The second-order valence-electron chi connectivity index (χ2n) is 8.42. The molecular weight excluding hydrogens is 438 g/mol. The summed E-state index contributed by atoms with van der Waals surface area (Å²) in [6.45, 7) is 5.23. The number of carbonyl (C=O) groups excluding carboxylic acids is 2. The van der Waals surface area contributed by atoms with Crippen LogP contribution in [0.25, 0.3) is 0 Å². The Morgan fingerprint density at radius 1 is 1.06 bits per heavy atom. The Labute approximate surface area is 181 Å². The van der Waals surface area contributed by atoms with E-state index < -0.39 is 53.5 Å². The molecule has 0 fully saturated rings. The van der Waals surface area contributed by atoms with E-state index in [0.29, 0.717) is 16.0 Å². The van der Waals surface area contributed by atoms with Gasteiger partial charge in [0.25, 0.3) is 11.8 Å². The van der Waals surface area contributed by atoms with Crippen molar-refractivity contribution in [1.29, 1.82) is 0 Å². The van der Waals surface area contributed by atoms with Crippen molar-refractivity contribution in [2.24, 2.45) is 0 Å². The van der Waals surface area contributed by atoms with Crippen LogP contribution in [0.1, 0.15) is 50.7 Å². The number of rotatable bonds is 5. The van der Waals surface area contributed by atoms with E-state index >= 15 is 8.78 Å². The average molecular weight is 460 g/mol. The molecule has 32 heavy (non-hydrogen) atoms. The number of carbonyl (C=O) groups is 2. The van der Waals surface area contributed by atoms with E-state index in [1.165, 1.54) is 5.32 Å². The van der Waals surface area contributed by atoms with Crippen molar-refractivity contribution in [3.63, 3.8) is 0 Å². The lowest BCUT2D eigenvalue weighted by Crippen LogP contribution is -2.53. The lowest BCUT2D eigenvalue weighted by Gasteiger charge is -2.30. The Kier molecular flexibility index (Phi) is 6.05. The standard InChI is InChI=1S/C22H22F6N2O2/c1-10(2)12-6-5-7-13(11(3)4)17(12)30-19(31)15-14(23)8-21(25,29-9-22(26,27)28)18(24)16(15)20(30)32/h5-8,10-11,18,29H,9H2,1-4H3. The van der Waals surface area contributed by atoms with Crippen molar-refractivity contribution in [2.45, 2.75) is 57.7 Å². The lowest BCUT2D eigenvalue weighted by molar-refractivity contribution is -0.134. The van der Waals surface area contributed by atoms with Crippen molar-refractivity contribution >= 4 is 17.5 Å². The number of benzene rings is 1. The molecule has 0 saturated heterocycles. The minimum absolute atomic E-state index is 0.0609. The van der Waals surface area contributed by atoms with Gasteiger partial charge in [0.1, 0.15) is 5.83 Å². The van der Waals surface area contributed by atoms with Gasteiger partial charge in [0, 0.05) is 6.08 Å². The van der Waals surface area contributed by atoms with Gasteiger partial charge in [-0.15, -0.1) is 0 Å². The molecular formula is C22H22F6N2O2. The molecule has 1 aromatic rings. The fourth-order valence-corrected chi connectivity index (χ4v) is 3.90. The molecule has 2 atom stereocenters. The molecule has 0 spiro atoms. The summed E-state index contributed by atoms with van der Waals surface area (Å²) in [6, 6.07) is 5.04. The summed E-state index contributed by atoms with van der Waals surface area (Å²) in [5, 5.41) is 1.28. The smallest absolute Gasteiger partial charge is 0.270 e. The van der Waals surface area contributed by atoms with Crippen LogP contribution >= 0.6 is 0 Å². The van der Waals surface area contributed by atoms with Crippen molar-refractivity contribution in [3.8, 4) is 0 Å². The third-order valence-corrected chi connectivity index (χ3v) is 5.44. The van der Waals surface area contributed by atoms with E-state index in [2.05, 4.69) is 0 Å². The van der Waals surface area contributed by atoms with Gasteiger partial charge in [0.15, 0.2) is 6.17 Å². The summed E-state index contributed by atoms with van der Waals surface area (Å²) < 4.78 is 82.4. The number of alkyl halides is 5. The molecule has 10 heteroatoms. The zero-order valence-corrected chi connectivity index (χ0v) is 17.8. The Balaban J connectivity index is 2.11. The fourth-order valence-electron chi connectivity index (χ4n) is 3.90. The highest BCUT2D eigenvalue weighted by atomic mass is 19.4. The number of hydrogen-bond acceptors (Lipinski definition) is 3. The first-order valence-electron chi connectivity index (χ1n) is 9.98. The predicted molar refractivity (Wildman–Crippen MR) is 106 cm³/mol. The normalized spacial score (nSPS) is 24.1. The molecule has 2 amide bonds. The third kappa shape index (κ3) is 3.96. The monoisotopic (exact) mass is 460 g/mol. The molecule has 0 aromatic heterocycles. The first kappa shape index (κ1) is 24.0. The number of imide groups is 1. The van der Waals surface area contributed by atoms with Crippen LogP contribution in [-0.4, -0.2) is 36.5 Å². The van der Waals surface area contributed by atoms with Crippen molar-refractivity contribution in [2.75, 3.05) is 11.4 Å². The van der Waals surface area contributed by atoms with E-state index in [-0.39, 0.29) is 23.6 Å². The molecule has 1 aromatic carbocycles. The van der Waals surface area contributed by atoms with Gasteiger partial charge < -0.3 is 0 Å². The van der Waals surface area contributed by atoms with E-state index in [9.17, 15) is 27.2 Å². The number of halogens is 6. The van der Waals surface area contributed by atoms with E-state index in [1.807, 2.05) is 0 Å². The van der Waals surface area contributed by atoms with Crippen LogP contribution < -0.4 is 10.2 Å². The Bertz CT molecular complexity index is 1000. The summed E-state index contributed by atoms with van der Waals surface area (Å²) in [5.74, 6) is -8.10. The minimum Gasteiger partial charge on any atom is -0.270 e. The van der Waals surface area contributed by atoms with Crippen molar-refractivity contribution < 1.29 is 35.9 Å². The van der Waals surface area contributed by atoms with Crippen LogP contribution in [-0.2, 0) is 9.59 Å². The Hall–Kier alpha value is -2.62. The van der Waals surface area contributed by atoms with E-state index in [0.717, 1.165) is 0 Å². The van der Waals surface area contributed by atoms with Gasteiger partial charge in [-0.3, -0.25) is 14.9 Å². The minimum atomic E-state index is -4.91. The highest BCUT2D eigenvalue weighted by Crippen LogP contribution is 2.45. The lowest BCUT2D eigenvalue weighted by atomic mass is 9.90. The first-order chi connectivity index (χ1) is 14.7. The highest BCUT2D eigenvalue weighted by Gasteiger charge is 2.56. The van der Waals surface area contributed by atoms with Crippen LogP contribution in [0, 0.1) is 0 Å². The van der Waals surface area contributed by atoms with Gasteiger partial charge in [-0.2, -0.15) is 13.2 Å². The Morgan fingerprint density at radius 3 is 2.06 bits per heavy atom. The molecule has 0 radical (unpaired) electrons. The maximum absolute atomic E-state index is 15.1. The summed E-state index contributed by atoms with van der Waals surface area (Å²) in [5.41, 5.74) is -0.855. The van der Waals surface area contributed by atoms with Gasteiger partial charge in [0.05, 0.1) is 23.4 Å². The number of hydrogen-bond donors (Lipinski definition) is 1. The fraction of sp³-hybridized carbons (Fsp3) is 0.455. The van der Waals surface area contributed by atoms with Crippen LogP contribution in [0.2, 0.25) is 0 Å². The van der Waals surface area contributed by atoms with Gasteiger partial charge in [-0.05, 0) is 23.0 Å². The maximum Gasteiger partial charge on any atom is 0.401 e. The molecule has 1 N–H and O–H groups in total. The van der Waals surface area contributed by atoms with Crippen molar-refractivity contribution in [3.05, 3.63) is 52.4 Å². The topological polar surface area (TPSA) is 49.4 Å². The molecule has 174 valence electrons. The van der Waals surface area contributed by atoms with Crippen LogP contribution in [0.3, 0.4) is 0 Å². The number of amides is 2. The van der Waals surface area contributed by atoms with Gasteiger partial charge in [-0.25, -0.2) is 18.1 Å². The zero-order chi connectivity index (χ0) is 24.2. The summed E-state index contributed by atoms with van der Waals surface area (Å²) >= 11 is 0. The SMILES string of the molecule is CC(C)c1cccc(C(C)C)c1N1C(=O)C2=C(C1=O)C(F)C(F)(NCC(F)(F)F)C=C2F. The largest absolute Gasteiger partial charge is 0.401 e. The molecule has 0 bridgehead atoms. The molecule has 4 nitrogen and oxygen atoms in total. The highest BCUT2D eigenvalue weighted by molar-refractivity contribution is 6.35. The number of nitrogens with one attached hydrogen (secondary N) is 1. The molecule has 2 unspecified atom stereocenters. The Morgan fingerprint density at radius 2 is 1.59 bits per heavy atom. The van der Waals surface area contributed by atoms with Crippen LogP contribution in [0.4, 0.5) is 32.0 Å². The maximum atomic E-state index is 15.1. The number of anilines is 1. The zero-order valence-electron chi connectivity index (χ0n) is 17.8. The average Bonchev–Trinajstić information content (AvgIpc) is 2.94. The van der Waals surface area contributed by atoms with E-state index in [1.54, 1.807) is 45.9 Å². The molecule has 0 saturated carbocycles. The number of para-hydroxylation sites is 1. The summed E-state index contributed by atoms with van der Waals surface area (Å²) in [4.78, 5) is 26.8.